The van der Waals surface area contributed by atoms with Crippen LogP contribution in [0.2, 0.25) is 0 Å². The fourth-order valence-electron chi connectivity index (χ4n) is 2.80. The zero-order valence-electron chi connectivity index (χ0n) is 13.8. The van der Waals surface area contributed by atoms with E-state index in [4.69, 9.17) is 4.42 Å². The molecule has 0 fully saturated rings. The lowest BCUT2D eigenvalue weighted by Crippen LogP contribution is -2.36. The number of aliphatic hydroxyl groups excluding tert-OH is 1. The molecule has 0 atom stereocenters. The Hall–Kier alpha value is -2.99. The van der Waals surface area contributed by atoms with Crippen molar-refractivity contribution in [3.8, 4) is 0 Å². The van der Waals surface area contributed by atoms with E-state index in [1.54, 1.807) is 37.5 Å². The van der Waals surface area contributed by atoms with E-state index in [1.807, 2.05) is 18.2 Å². The number of fused-ring (bicyclic) bond motifs is 1. The van der Waals surface area contributed by atoms with Gasteiger partial charge in [0.15, 0.2) is 0 Å². The number of para-hydroxylation sites is 1. The second kappa shape index (κ2) is 7.27. The molecule has 0 aliphatic carbocycles. The quantitative estimate of drug-likeness (QED) is 0.721. The largest absolute Gasteiger partial charge is 0.422 e. The zero-order chi connectivity index (χ0) is 17.8. The molecule has 0 saturated carbocycles. The van der Waals surface area contributed by atoms with Crippen molar-refractivity contribution in [2.24, 2.45) is 0 Å². The van der Waals surface area contributed by atoms with E-state index < -0.39 is 11.5 Å². The summed E-state index contributed by atoms with van der Waals surface area (Å²) in [6, 6.07) is 10.7. The molecule has 2 heterocycles. The van der Waals surface area contributed by atoms with Crippen molar-refractivity contribution >= 4 is 16.9 Å². The van der Waals surface area contributed by atoms with E-state index >= 15 is 0 Å². The van der Waals surface area contributed by atoms with Gasteiger partial charge in [-0.1, -0.05) is 24.3 Å². The standard InChI is InChI=1S/C19H18N2O4/c1-13-15-6-2-3-7-16(15)25-19(24)17(13)18(23)21(9-10-22)12-14-5-4-8-20-11-14/h2-8,11,22H,9-10,12H2,1H3. The Morgan fingerprint density at radius 1 is 1.24 bits per heavy atom. The summed E-state index contributed by atoms with van der Waals surface area (Å²) >= 11 is 0. The molecule has 0 aliphatic rings. The molecule has 128 valence electrons. The number of aliphatic hydroxyl groups is 1. The van der Waals surface area contributed by atoms with Gasteiger partial charge in [0, 0.05) is 30.9 Å². The molecule has 0 bridgehead atoms. The third kappa shape index (κ3) is 3.44. The van der Waals surface area contributed by atoms with E-state index in [-0.39, 0.29) is 25.3 Å². The predicted molar refractivity (Wildman–Crippen MR) is 93.3 cm³/mol. The SMILES string of the molecule is Cc1c(C(=O)N(CCO)Cc2cccnc2)c(=O)oc2ccccc12. The zero-order valence-corrected chi connectivity index (χ0v) is 13.8. The minimum absolute atomic E-state index is 0.00367. The summed E-state index contributed by atoms with van der Waals surface area (Å²) in [5.41, 5.74) is 1.16. The van der Waals surface area contributed by atoms with Gasteiger partial charge < -0.3 is 14.4 Å². The number of benzene rings is 1. The van der Waals surface area contributed by atoms with Crippen LogP contribution in [0.4, 0.5) is 0 Å². The van der Waals surface area contributed by atoms with Crippen LogP contribution in [0, 0.1) is 6.92 Å². The monoisotopic (exact) mass is 338 g/mol. The fraction of sp³-hybridized carbons (Fsp3) is 0.211. The van der Waals surface area contributed by atoms with Crippen LogP contribution in [0.25, 0.3) is 11.0 Å². The Kier molecular flexibility index (Phi) is 4.90. The van der Waals surface area contributed by atoms with E-state index in [0.717, 1.165) is 10.9 Å². The Bertz CT molecular complexity index is 951. The van der Waals surface area contributed by atoms with Crippen LogP contribution in [-0.4, -0.2) is 34.0 Å². The Morgan fingerprint density at radius 3 is 2.76 bits per heavy atom. The van der Waals surface area contributed by atoms with Crippen molar-refractivity contribution in [1.29, 1.82) is 0 Å². The van der Waals surface area contributed by atoms with Crippen LogP contribution in [0.15, 0.2) is 58.0 Å². The van der Waals surface area contributed by atoms with Gasteiger partial charge >= 0.3 is 5.63 Å². The number of carbonyl (C=O) groups is 1. The average Bonchev–Trinajstić information content (AvgIpc) is 2.62. The molecule has 25 heavy (non-hydrogen) atoms. The molecule has 1 aromatic carbocycles. The number of hydrogen-bond acceptors (Lipinski definition) is 5. The van der Waals surface area contributed by atoms with Crippen LogP contribution in [-0.2, 0) is 6.54 Å². The van der Waals surface area contributed by atoms with Crippen LogP contribution in [0.5, 0.6) is 0 Å². The molecule has 0 unspecified atom stereocenters. The summed E-state index contributed by atoms with van der Waals surface area (Å²) in [5, 5.41) is 10.0. The highest BCUT2D eigenvalue weighted by Crippen LogP contribution is 2.20. The summed E-state index contributed by atoms with van der Waals surface area (Å²) in [6.45, 7) is 1.88. The van der Waals surface area contributed by atoms with Crippen LogP contribution >= 0.6 is 0 Å². The minimum atomic E-state index is -0.671. The van der Waals surface area contributed by atoms with Crippen molar-refractivity contribution in [3.63, 3.8) is 0 Å². The van der Waals surface area contributed by atoms with Crippen molar-refractivity contribution in [2.75, 3.05) is 13.2 Å². The van der Waals surface area contributed by atoms with E-state index in [9.17, 15) is 14.7 Å². The molecular formula is C19H18N2O4. The molecule has 3 aromatic rings. The summed E-state index contributed by atoms with van der Waals surface area (Å²) < 4.78 is 5.30. The molecule has 0 aliphatic heterocycles. The van der Waals surface area contributed by atoms with Gasteiger partial charge in [-0.2, -0.15) is 0 Å². The molecule has 6 nitrogen and oxygen atoms in total. The maximum Gasteiger partial charge on any atom is 0.349 e. The van der Waals surface area contributed by atoms with Crippen LogP contribution in [0.3, 0.4) is 0 Å². The van der Waals surface area contributed by atoms with Crippen molar-refractivity contribution in [3.05, 3.63) is 75.9 Å². The molecule has 0 radical (unpaired) electrons. The molecule has 1 amide bonds. The molecule has 2 aromatic heterocycles. The summed E-state index contributed by atoms with van der Waals surface area (Å²) in [6.07, 6.45) is 3.29. The van der Waals surface area contributed by atoms with Crippen molar-refractivity contribution in [1.82, 2.24) is 9.88 Å². The normalized spacial score (nSPS) is 10.8. The van der Waals surface area contributed by atoms with E-state index in [2.05, 4.69) is 4.98 Å². The molecule has 3 rings (SSSR count). The van der Waals surface area contributed by atoms with Gasteiger partial charge in [0.1, 0.15) is 11.1 Å². The summed E-state index contributed by atoms with van der Waals surface area (Å²) in [4.78, 5) is 30.8. The first-order valence-corrected chi connectivity index (χ1v) is 7.93. The third-order valence-electron chi connectivity index (χ3n) is 4.04. The second-order valence-corrected chi connectivity index (χ2v) is 5.70. The maximum atomic E-state index is 13.0. The first kappa shape index (κ1) is 16.9. The number of nitrogens with zero attached hydrogens (tertiary/aromatic N) is 2. The first-order valence-electron chi connectivity index (χ1n) is 7.93. The molecule has 6 heteroatoms. The summed E-state index contributed by atoms with van der Waals surface area (Å²) in [5.74, 6) is -0.463. The van der Waals surface area contributed by atoms with E-state index in [0.29, 0.717) is 11.1 Å². The molecule has 0 spiro atoms. The average molecular weight is 338 g/mol. The van der Waals surface area contributed by atoms with Gasteiger partial charge in [-0.25, -0.2) is 4.79 Å². The van der Waals surface area contributed by atoms with Crippen molar-refractivity contribution < 1.29 is 14.3 Å². The lowest BCUT2D eigenvalue weighted by molar-refractivity contribution is 0.0703. The van der Waals surface area contributed by atoms with Gasteiger partial charge in [0.05, 0.1) is 6.61 Å². The lowest BCUT2D eigenvalue weighted by Gasteiger charge is -2.22. The number of amides is 1. The smallest absolute Gasteiger partial charge is 0.349 e. The Morgan fingerprint density at radius 2 is 2.04 bits per heavy atom. The fourth-order valence-corrected chi connectivity index (χ4v) is 2.80. The van der Waals surface area contributed by atoms with E-state index in [1.165, 1.54) is 4.90 Å². The van der Waals surface area contributed by atoms with Crippen LogP contribution in [0.1, 0.15) is 21.5 Å². The second-order valence-electron chi connectivity index (χ2n) is 5.70. The van der Waals surface area contributed by atoms with Gasteiger partial charge in [-0.3, -0.25) is 9.78 Å². The third-order valence-corrected chi connectivity index (χ3v) is 4.04. The number of hydrogen-bond donors (Lipinski definition) is 1. The number of carbonyl (C=O) groups excluding carboxylic acids is 1. The molecule has 1 N–H and O–H groups in total. The number of rotatable bonds is 5. The highest BCUT2D eigenvalue weighted by Gasteiger charge is 2.23. The molecular weight excluding hydrogens is 320 g/mol. The topological polar surface area (TPSA) is 83.6 Å². The summed E-state index contributed by atoms with van der Waals surface area (Å²) in [7, 11) is 0. The number of aromatic nitrogens is 1. The number of aryl methyl sites for hydroxylation is 1. The van der Waals surface area contributed by atoms with Gasteiger partial charge in [0.2, 0.25) is 0 Å². The number of pyridine rings is 1. The Balaban J connectivity index is 2.02. The Labute approximate surface area is 144 Å². The minimum Gasteiger partial charge on any atom is -0.422 e. The van der Waals surface area contributed by atoms with Crippen LogP contribution < -0.4 is 5.63 Å². The lowest BCUT2D eigenvalue weighted by atomic mass is 10.0. The van der Waals surface area contributed by atoms with Gasteiger partial charge in [-0.05, 0) is 30.2 Å². The highest BCUT2D eigenvalue weighted by molar-refractivity contribution is 5.99. The van der Waals surface area contributed by atoms with Crippen molar-refractivity contribution in [2.45, 2.75) is 13.5 Å². The maximum absolute atomic E-state index is 13.0. The first-order chi connectivity index (χ1) is 12.1. The predicted octanol–water partition coefficient (Wildman–Crippen LogP) is 2.13. The highest BCUT2D eigenvalue weighted by atomic mass is 16.4. The molecule has 0 saturated heterocycles. The van der Waals surface area contributed by atoms with Gasteiger partial charge in [0.25, 0.3) is 5.91 Å². The van der Waals surface area contributed by atoms with Gasteiger partial charge in [-0.15, -0.1) is 0 Å².